The predicted molar refractivity (Wildman–Crippen MR) is 188 cm³/mol. The van der Waals surface area contributed by atoms with Crippen molar-refractivity contribution >= 4 is 57.3 Å². The second-order valence-electron chi connectivity index (χ2n) is 11.5. The highest BCUT2D eigenvalue weighted by atomic mass is 35.5. The number of carbonyl (C=O) groups is 2. The molecule has 1 unspecified atom stereocenters. The molecule has 1 N–H and O–H groups in total. The number of aryl methyl sites for hydroxylation is 1. The van der Waals surface area contributed by atoms with Crippen LogP contribution in [0.4, 0.5) is 5.13 Å². The van der Waals surface area contributed by atoms with Gasteiger partial charge in [-0.3, -0.25) is 14.5 Å². The van der Waals surface area contributed by atoms with Gasteiger partial charge in [-0.05, 0) is 77.1 Å². The molecular formula is C37H32ClN3O4S2. The molecule has 238 valence electrons. The van der Waals surface area contributed by atoms with Crippen LogP contribution < -0.4 is 9.64 Å². The molecule has 0 bridgehead atoms. The largest absolute Gasteiger partial charge is 0.507 e. The number of nitrogens with zero attached hydrogens (tertiary/aromatic N) is 3. The molecule has 2 heterocycles. The third-order valence-corrected chi connectivity index (χ3v) is 10.4. The highest BCUT2D eigenvalue weighted by Gasteiger charge is 2.48. The van der Waals surface area contributed by atoms with Crippen molar-refractivity contribution in [2.75, 3.05) is 4.90 Å². The summed E-state index contributed by atoms with van der Waals surface area (Å²) in [5.74, 6) is -0.279. The predicted octanol–water partition coefficient (Wildman–Crippen LogP) is 9.12. The standard InChI is InChI=1S/C37H32ClN3O4S2/c1-22(2)25-10-12-26(13-11-25)32-31(33(42)27-14-18-30(19-15-27)45-20-28-7-5-4-6-23(28)3)34(43)35(44)41(32)36-39-40-37(47-36)46-21-24-8-16-29(38)17-9-24/h4-19,22,32,42H,20-21H2,1-3H3/b33-31+. The average molecular weight is 682 g/mol. The number of amides is 1. The van der Waals surface area contributed by atoms with Gasteiger partial charge < -0.3 is 9.84 Å². The first-order valence-electron chi connectivity index (χ1n) is 15.1. The number of aliphatic hydroxyl groups excluding tert-OH is 1. The Morgan fingerprint density at radius 1 is 0.957 bits per heavy atom. The third kappa shape index (κ3) is 7.12. The fraction of sp³-hybridized carbons (Fsp3) is 0.189. The summed E-state index contributed by atoms with van der Waals surface area (Å²) in [5.41, 5.74) is 5.45. The summed E-state index contributed by atoms with van der Waals surface area (Å²) in [6.45, 7) is 6.63. The lowest BCUT2D eigenvalue weighted by Gasteiger charge is -2.23. The molecule has 1 aliphatic rings. The number of aromatic nitrogens is 2. The van der Waals surface area contributed by atoms with Crippen LogP contribution in [0.15, 0.2) is 107 Å². The summed E-state index contributed by atoms with van der Waals surface area (Å²) < 4.78 is 6.62. The first kappa shape index (κ1) is 32.5. The Kier molecular flexibility index (Phi) is 9.77. The van der Waals surface area contributed by atoms with E-state index in [0.717, 1.165) is 22.3 Å². The minimum absolute atomic E-state index is 0.00792. The molecule has 1 fully saturated rings. The van der Waals surface area contributed by atoms with Crippen molar-refractivity contribution in [1.29, 1.82) is 0 Å². The van der Waals surface area contributed by atoms with Crippen LogP contribution in [0, 0.1) is 6.92 Å². The minimum Gasteiger partial charge on any atom is -0.507 e. The number of halogens is 1. The molecule has 10 heteroatoms. The number of ketones is 1. The maximum absolute atomic E-state index is 13.7. The number of hydrogen-bond donors (Lipinski definition) is 1. The molecule has 7 nitrogen and oxygen atoms in total. The first-order valence-corrected chi connectivity index (χ1v) is 17.3. The summed E-state index contributed by atoms with van der Waals surface area (Å²) in [6.07, 6.45) is 0. The number of anilines is 1. The molecule has 1 amide bonds. The van der Waals surface area contributed by atoms with Crippen LogP contribution in [-0.2, 0) is 21.9 Å². The van der Waals surface area contributed by atoms with Gasteiger partial charge in [-0.1, -0.05) is 109 Å². The fourth-order valence-corrected chi connectivity index (χ4v) is 7.24. The summed E-state index contributed by atoms with van der Waals surface area (Å²) in [5, 5.41) is 21.2. The zero-order valence-corrected chi connectivity index (χ0v) is 28.4. The molecule has 1 atom stereocenters. The van der Waals surface area contributed by atoms with Crippen LogP contribution in [0.5, 0.6) is 5.75 Å². The molecule has 1 aromatic heterocycles. The Balaban J connectivity index is 1.31. The van der Waals surface area contributed by atoms with Crippen molar-refractivity contribution in [3.05, 3.63) is 141 Å². The van der Waals surface area contributed by atoms with E-state index >= 15 is 0 Å². The number of hydrogen-bond acceptors (Lipinski definition) is 8. The van der Waals surface area contributed by atoms with Gasteiger partial charge in [-0.25, -0.2) is 0 Å². The highest BCUT2D eigenvalue weighted by molar-refractivity contribution is 8.00. The first-order chi connectivity index (χ1) is 22.7. The van der Waals surface area contributed by atoms with E-state index in [1.807, 2.05) is 79.7 Å². The number of Topliss-reactive ketones (excluding diaryl/α,β-unsaturated/α-hetero) is 1. The molecule has 6 rings (SSSR count). The van der Waals surface area contributed by atoms with Crippen LogP contribution in [0.2, 0.25) is 5.02 Å². The second kappa shape index (κ2) is 14.1. The van der Waals surface area contributed by atoms with Crippen molar-refractivity contribution < 1.29 is 19.4 Å². The molecule has 1 aliphatic heterocycles. The minimum atomic E-state index is -0.893. The molecule has 0 spiro atoms. The number of aliphatic hydroxyl groups is 1. The molecular weight excluding hydrogens is 650 g/mol. The third-order valence-electron chi connectivity index (χ3n) is 8.02. The Morgan fingerprint density at radius 2 is 1.66 bits per heavy atom. The van der Waals surface area contributed by atoms with Crippen molar-refractivity contribution in [3.63, 3.8) is 0 Å². The topological polar surface area (TPSA) is 92.6 Å². The normalized spacial score (nSPS) is 15.9. The monoisotopic (exact) mass is 681 g/mol. The molecule has 1 saturated heterocycles. The maximum Gasteiger partial charge on any atom is 0.301 e. The van der Waals surface area contributed by atoms with Crippen molar-refractivity contribution in [3.8, 4) is 5.75 Å². The van der Waals surface area contributed by atoms with Gasteiger partial charge in [0.05, 0.1) is 11.6 Å². The number of benzene rings is 4. The van der Waals surface area contributed by atoms with Crippen LogP contribution in [0.25, 0.3) is 5.76 Å². The molecule has 0 saturated carbocycles. The average Bonchev–Trinajstić information content (AvgIpc) is 3.65. The lowest BCUT2D eigenvalue weighted by molar-refractivity contribution is -0.132. The van der Waals surface area contributed by atoms with E-state index in [2.05, 4.69) is 24.0 Å². The van der Waals surface area contributed by atoms with Gasteiger partial charge in [0.1, 0.15) is 18.1 Å². The van der Waals surface area contributed by atoms with E-state index in [-0.39, 0.29) is 16.5 Å². The van der Waals surface area contributed by atoms with Crippen LogP contribution in [-0.4, -0.2) is 27.0 Å². The fourth-order valence-electron chi connectivity index (χ4n) is 5.29. The van der Waals surface area contributed by atoms with Crippen molar-refractivity contribution in [1.82, 2.24) is 10.2 Å². The van der Waals surface area contributed by atoms with Gasteiger partial charge in [-0.2, -0.15) is 0 Å². The quantitative estimate of drug-likeness (QED) is 0.0517. The van der Waals surface area contributed by atoms with E-state index in [4.69, 9.17) is 16.3 Å². The maximum atomic E-state index is 13.7. The van der Waals surface area contributed by atoms with Gasteiger partial charge in [0.15, 0.2) is 4.34 Å². The SMILES string of the molecule is Cc1ccccc1COc1ccc(/C(O)=C2\C(=O)C(=O)N(c3nnc(SCc4ccc(Cl)cc4)s3)C2c2ccc(C(C)C)cc2)cc1. The number of thioether (sulfide) groups is 1. The molecule has 4 aromatic carbocycles. The van der Waals surface area contributed by atoms with Gasteiger partial charge in [0.2, 0.25) is 5.13 Å². The van der Waals surface area contributed by atoms with Crippen LogP contribution >= 0.6 is 34.7 Å². The smallest absolute Gasteiger partial charge is 0.301 e. The summed E-state index contributed by atoms with van der Waals surface area (Å²) in [7, 11) is 0. The van der Waals surface area contributed by atoms with Gasteiger partial charge in [0, 0.05) is 16.3 Å². The number of rotatable bonds is 10. The van der Waals surface area contributed by atoms with E-state index in [0.29, 0.717) is 44.5 Å². The van der Waals surface area contributed by atoms with E-state index in [1.165, 1.54) is 28.0 Å². The zero-order valence-electron chi connectivity index (χ0n) is 26.0. The number of ether oxygens (including phenoxy) is 1. The van der Waals surface area contributed by atoms with Gasteiger partial charge in [0.25, 0.3) is 5.78 Å². The summed E-state index contributed by atoms with van der Waals surface area (Å²) >= 11 is 8.72. The van der Waals surface area contributed by atoms with E-state index < -0.39 is 17.7 Å². The van der Waals surface area contributed by atoms with E-state index in [9.17, 15) is 14.7 Å². The molecule has 0 aliphatic carbocycles. The van der Waals surface area contributed by atoms with E-state index in [1.54, 1.807) is 24.3 Å². The van der Waals surface area contributed by atoms with Crippen LogP contribution in [0.3, 0.4) is 0 Å². The van der Waals surface area contributed by atoms with Crippen molar-refractivity contribution in [2.24, 2.45) is 0 Å². The van der Waals surface area contributed by atoms with Crippen molar-refractivity contribution in [2.45, 2.75) is 49.4 Å². The molecule has 0 radical (unpaired) electrons. The van der Waals surface area contributed by atoms with Gasteiger partial charge in [-0.15, -0.1) is 10.2 Å². The summed E-state index contributed by atoms with van der Waals surface area (Å²) in [4.78, 5) is 28.7. The zero-order chi connectivity index (χ0) is 33.1. The summed E-state index contributed by atoms with van der Waals surface area (Å²) in [6, 6.07) is 29.3. The lowest BCUT2D eigenvalue weighted by Crippen LogP contribution is -2.29. The lowest BCUT2D eigenvalue weighted by atomic mass is 9.93. The Morgan fingerprint density at radius 3 is 2.34 bits per heavy atom. The Labute approximate surface area is 286 Å². The Bertz CT molecular complexity index is 1940. The van der Waals surface area contributed by atoms with Gasteiger partial charge >= 0.3 is 5.91 Å². The molecule has 47 heavy (non-hydrogen) atoms. The molecule has 5 aromatic rings. The Hall–Kier alpha value is -4.44. The second-order valence-corrected chi connectivity index (χ2v) is 14.1. The highest BCUT2D eigenvalue weighted by Crippen LogP contribution is 2.44. The van der Waals surface area contributed by atoms with Crippen LogP contribution in [0.1, 0.15) is 59.2 Å². The number of carbonyl (C=O) groups excluding carboxylic acids is 2.